The number of hydrogen-bond donors (Lipinski definition) is 1. The zero-order chi connectivity index (χ0) is 14.7. The number of alkyl halides is 2. The Bertz CT molecular complexity index is 316. The van der Waals surface area contributed by atoms with E-state index in [1.165, 1.54) is 4.90 Å². The molecule has 1 saturated heterocycles. The number of ether oxygens (including phenoxy) is 1. The molecule has 1 N–H and O–H groups in total. The molecule has 0 saturated carbocycles. The van der Waals surface area contributed by atoms with E-state index in [0.29, 0.717) is 6.42 Å². The molecule has 19 heavy (non-hydrogen) atoms. The number of nitrogens with zero attached hydrogens (tertiary/aromatic N) is 1. The second-order valence-corrected chi connectivity index (χ2v) is 6.00. The summed E-state index contributed by atoms with van der Waals surface area (Å²) >= 11 is 0. The monoisotopic (exact) mass is 279 g/mol. The van der Waals surface area contributed by atoms with Crippen LogP contribution in [0.5, 0.6) is 0 Å². The molecule has 1 rings (SSSR count). The molecule has 0 bridgehead atoms. The highest BCUT2D eigenvalue weighted by molar-refractivity contribution is 5.68. The molecule has 1 heterocycles. The molecule has 1 amide bonds. The van der Waals surface area contributed by atoms with Gasteiger partial charge in [0.15, 0.2) is 0 Å². The minimum Gasteiger partial charge on any atom is -0.444 e. The van der Waals surface area contributed by atoms with Gasteiger partial charge in [0.05, 0.1) is 0 Å². The van der Waals surface area contributed by atoms with Crippen LogP contribution in [-0.2, 0) is 4.74 Å². The third-order valence-corrected chi connectivity index (χ3v) is 3.12. The van der Waals surface area contributed by atoms with E-state index in [9.17, 15) is 13.6 Å². The van der Waals surface area contributed by atoms with E-state index in [-0.39, 0.29) is 32.5 Å². The number of carbonyl (C=O) groups excluding carboxylic acids is 1. The minimum atomic E-state index is -2.77. The summed E-state index contributed by atoms with van der Waals surface area (Å²) in [4.78, 5) is 13.2. The highest BCUT2D eigenvalue weighted by atomic mass is 19.3. The standard InChI is InChI=1S/C13H23F2NO3/c1-12(2,3)19-11(18)16-7-6-13(14,15)10(9-16)5-4-8-17/h10,17H,4-9H2,1-3H3. The van der Waals surface area contributed by atoms with Crippen molar-refractivity contribution in [3.63, 3.8) is 0 Å². The molecule has 1 aliphatic heterocycles. The first kappa shape index (κ1) is 16.1. The Kier molecular flexibility index (Phi) is 5.12. The van der Waals surface area contributed by atoms with E-state index in [4.69, 9.17) is 9.84 Å². The highest BCUT2D eigenvalue weighted by Crippen LogP contribution is 2.36. The van der Waals surface area contributed by atoms with Crippen molar-refractivity contribution in [2.45, 2.75) is 51.6 Å². The number of hydrogen-bond acceptors (Lipinski definition) is 3. The predicted molar refractivity (Wildman–Crippen MR) is 67.2 cm³/mol. The molecule has 1 atom stereocenters. The first-order chi connectivity index (χ1) is 8.65. The van der Waals surface area contributed by atoms with E-state index in [1.54, 1.807) is 20.8 Å². The Morgan fingerprint density at radius 2 is 2.11 bits per heavy atom. The molecule has 0 aromatic heterocycles. The molecule has 6 heteroatoms. The lowest BCUT2D eigenvalue weighted by molar-refractivity contribution is -0.108. The number of halogens is 2. The first-order valence-electron chi connectivity index (χ1n) is 6.62. The smallest absolute Gasteiger partial charge is 0.410 e. The van der Waals surface area contributed by atoms with Crippen LogP contribution in [0.1, 0.15) is 40.0 Å². The van der Waals surface area contributed by atoms with E-state index < -0.39 is 23.5 Å². The maximum atomic E-state index is 13.7. The summed E-state index contributed by atoms with van der Waals surface area (Å²) in [6, 6.07) is 0. The Morgan fingerprint density at radius 3 is 2.63 bits per heavy atom. The summed E-state index contributed by atoms with van der Waals surface area (Å²) in [5.41, 5.74) is -0.627. The molecule has 1 aliphatic rings. The van der Waals surface area contributed by atoms with Gasteiger partial charge >= 0.3 is 6.09 Å². The average Bonchev–Trinajstić information content (AvgIpc) is 2.24. The lowest BCUT2D eigenvalue weighted by atomic mass is 9.90. The number of aliphatic hydroxyl groups excluding tert-OH is 1. The summed E-state index contributed by atoms with van der Waals surface area (Å²) in [7, 11) is 0. The van der Waals surface area contributed by atoms with Crippen LogP contribution in [0.4, 0.5) is 13.6 Å². The van der Waals surface area contributed by atoms with Gasteiger partial charge in [-0.1, -0.05) is 0 Å². The van der Waals surface area contributed by atoms with Crippen molar-refractivity contribution in [1.82, 2.24) is 4.90 Å². The lowest BCUT2D eigenvalue weighted by Gasteiger charge is -2.38. The van der Waals surface area contributed by atoms with Gasteiger partial charge in [-0.15, -0.1) is 0 Å². The van der Waals surface area contributed by atoms with Crippen molar-refractivity contribution in [3.8, 4) is 0 Å². The van der Waals surface area contributed by atoms with Crippen LogP contribution in [-0.4, -0.2) is 47.3 Å². The lowest BCUT2D eigenvalue weighted by Crippen LogP contribution is -2.50. The van der Waals surface area contributed by atoms with Gasteiger partial charge < -0.3 is 14.7 Å². The second-order valence-electron chi connectivity index (χ2n) is 6.00. The Labute approximate surface area is 112 Å². The average molecular weight is 279 g/mol. The summed E-state index contributed by atoms with van der Waals surface area (Å²) < 4.78 is 32.6. The normalized spacial score (nSPS) is 23.3. The maximum absolute atomic E-state index is 13.7. The molecule has 0 radical (unpaired) electrons. The van der Waals surface area contributed by atoms with E-state index in [0.717, 1.165) is 0 Å². The van der Waals surface area contributed by atoms with Gasteiger partial charge in [-0.3, -0.25) is 0 Å². The van der Waals surface area contributed by atoms with E-state index in [2.05, 4.69) is 0 Å². The fourth-order valence-corrected chi connectivity index (χ4v) is 2.11. The molecule has 0 spiro atoms. The number of likely N-dealkylation sites (tertiary alicyclic amines) is 1. The summed E-state index contributed by atoms with van der Waals surface area (Å²) in [5.74, 6) is -3.67. The van der Waals surface area contributed by atoms with Crippen LogP contribution in [0.2, 0.25) is 0 Å². The fourth-order valence-electron chi connectivity index (χ4n) is 2.11. The van der Waals surface area contributed by atoms with E-state index in [1.807, 2.05) is 0 Å². The van der Waals surface area contributed by atoms with Crippen molar-refractivity contribution in [3.05, 3.63) is 0 Å². The second kappa shape index (κ2) is 6.03. The number of amides is 1. The number of rotatable bonds is 3. The Balaban J connectivity index is 2.61. The maximum Gasteiger partial charge on any atom is 0.410 e. The summed E-state index contributed by atoms with van der Waals surface area (Å²) in [6.45, 7) is 5.12. The van der Waals surface area contributed by atoms with Crippen molar-refractivity contribution >= 4 is 6.09 Å². The SMILES string of the molecule is CC(C)(C)OC(=O)N1CCC(F)(F)C(CCCO)C1. The van der Waals surface area contributed by atoms with Gasteiger partial charge in [0, 0.05) is 32.0 Å². The molecule has 0 aliphatic carbocycles. The quantitative estimate of drug-likeness (QED) is 0.864. The minimum absolute atomic E-state index is 0.0114. The number of piperidine rings is 1. The van der Waals surface area contributed by atoms with Crippen LogP contribution < -0.4 is 0 Å². The van der Waals surface area contributed by atoms with Gasteiger partial charge in [0.25, 0.3) is 5.92 Å². The van der Waals surface area contributed by atoms with Crippen molar-refractivity contribution < 1.29 is 23.4 Å². The van der Waals surface area contributed by atoms with Crippen molar-refractivity contribution in [2.75, 3.05) is 19.7 Å². The summed E-state index contributed by atoms with van der Waals surface area (Å²) in [6.07, 6.45) is -0.356. The van der Waals surface area contributed by atoms with Gasteiger partial charge in [-0.05, 0) is 33.6 Å². The largest absolute Gasteiger partial charge is 0.444 e. The Morgan fingerprint density at radius 1 is 1.47 bits per heavy atom. The molecule has 1 unspecified atom stereocenters. The van der Waals surface area contributed by atoms with Gasteiger partial charge in [-0.2, -0.15) is 0 Å². The van der Waals surface area contributed by atoms with Crippen LogP contribution in [0.25, 0.3) is 0 Å². The third-order valence-electron chi connectivity index (χ3n) is 3.12. The molecule has 1 fully saturated rings. The van der Waals surface area contributed by atoms with Gasteiger partial charge in [-0.25, -0.2) is 13.6 Å². The van der Waals surface area contributed by atoms with Crippen molar-refractivity contribution in [1.29, 1.82) is 0 Å². The molecule has 4 nitrogen and oxygen atoms in total. The van der Waals surface area contributed by atoms with Crippen LogP contribution >= 0.6 is 0 Å². The van der Waals surface area contributed by atoms with Gasteiger partial charge in [0.1, 0.15) is 5.60 Å². The molecule has 0 aromatic rings. The zero-order valence-corrected chi connectivity index (χ0v) is 11.8. The van der Waals surface area contributed by atoms with Crippen LogP contribution in [0, 0.1) is 5.92 Å². The number of carbonyl (C=O) groups is 1. The summed E-state index contributed by atoms with van der Waals surface area (Å²) in [5, 5.41) is 8.74. The highest BCUT2D eigenvalue weighted by Gasteiger charge is 2.45. The topological polar surface area (TPSA) is 49.8 Å². The van der Waals surface area contributed by atoms with E-state index >= 15 is 0 Å². The fraction of sp³-hybridized carbons (Fsp3) is 0.923. The van der Waals surface area contributed by atoms with Crippen LogP contribution in [0.15, 0.2) is 0 Å². The molecule has 0 aromatic carbocycles. The molecular weight excluding hydrogens is 256 g/mol. The first-order valence-corrected chi connectivity index (χ1v) is 6.62. The van der Waals surface area contributed by atoms with Gasteiger partial charge in [0.2, 0.25) is 0 Å². The Hall–Kier alpha value is -0.910. The molecule has 112 valence electrons. The predicted octanol–water partition coefficient (Wildman–Crippen LogP) is 2.65. The van der Waals surface area contributed by atoms with Crippen molar-refractivity contribution in [2.24, 2.45) is 5.92 Å². The number of aliphatic hydroxyl groups is 1. The molecular formula is C13H23F2NO3. The van der Waals surface area contributed by atoms with Crippen LogP contribution in [0.3, 0.4) is 0 Å². The third kappa shape index (κ3) is 4.93. The zero-order valence-electron chi connectivity index (χ0n) is 11.8.